The molecule has 0 fully saturated rings. The number of amides is 1. The Balaban J connectivity index is 2.19. The molecule has 0 unspecified atom stereocenters. The predicted octanol–water partition coefficient (Wildman–Crippen LogP) is 3.59. The summed E-state index contributed by atoms with van der Waals surface area (Å²) in [5.74, 6) is -6.26. The van der Waals surface area contributed by atoms with E-state index in [-0.39, 0.29) is 23.8 Å². The maximum atomic E-state index is 14.7. The van der Waals surface area contributed by atoms with Crippen LogP contribution in [0.3, 0.4) is 0 Å². The van der Waals surface area contributed by atoms with Crippen molar-refractivity contribution in [3.63, 3.8) is 0 Å². The number of hydrogen-bond donors (Lipinski definition) is 2. The molecule has 0 aromatic heterocycles. The fourth-order valence-corrected chi connectivity index (χ4v) is 2.34. The highest BCUT2D eigenvalue weighted by atomic mass is 19.3. The Morgan fingerprint density at radius 2 is 1.85 bits per heavy atom. The van der Waals surface area contributed by atoms with Crippen LogP contribution in [0.15, 0.2) is 42.5 Å². The quantitative estimate of drug-likeness (QED) is 0.732. The minimum atomic E-state index is -3.81. The Morgan fingerprint density at radius 3 is 2.48 bits per heavy atom. The number of halogens is 2. The van der Waals surface area contributed by atoms with Gasteiger partial charge in [-0.05, 0) is 49.7 Å². The topological polar surface area (TPSA) is 84.9 Å². The second-order valence-electron chi connectivity index (χ2n) is 5.62. The van der Waals surface area contributed by atoms with Crippen molar-refractivity contribution in [3.05, 3.63) is 53.6 Å². The summed E-state index contributed by atoms with van der Waals surface area (Å²) in [4.78, 5) is 22.7. The molecule has 6 nitrogen and oxygen atoms in total. The van der Waals surface area contributed by atoms with Crippen LogP contribution < -0.4 is 14.8 Å². The molecule has 0 saturated heterocycles. The molecule has 0 heterocycles. The normalized spacial score (nSPS) is 11.0. The number of carboxylic acid groups (broad SMARTS) is 1. The number of carbonyl (C=O) groups is 2. The highest BCUT2D eigenvalue weighted by molar-refractivity contribution is 5.97. The van der Waals surface area contributed by atoms with Gasteiger partial charge in [0.25, 0.3) is 5.91 Å². The average molecular weight is 379 g/mol. The monoisotopic (exact) mass is 379 g/mol. The molecule has 2 aromatic carbocycles. The summed E-state index contributed by atoms with van der Waals surface area (Å²) in [5.41, 5.74) is 0.0831. The number of para-hydroxylation sites is 1. The highest BCUT2D eigenvalue weighted by Crippen LogP contribution is 2.36. The van der Waals surface area contributed by atoms with Crippen LogP contribution in [0.1, 0.15) is 18.1 Å². The first-order chi connectivity index (χ1) is 12.8. The van der Waals surface area contributed by atoms with E-state index in [4.69, 9.17) is 14.6 Å². The zero-order valence-electron chi connectivity index (χ0n) is 14.8. The van der Waals surface area contributed by atoms with Gasteiger partial charge in [0.2, 0.25) is 0 Å². The molecule has 2 aromatic rings. The number of rotatable bonds is 8. The molecule has 0 radical (unpaired) electrons. The molecule has 0 aliphatic rings. The number of alkyl halides is 2. The van der Waals surface area contributed by atoms with Crippen molar-refractivity contribution in [1.29, 1.82) is 0 Å². The molecule has 0 saturated carbocycles. The molecule has 0 aliphatic heterocycles. The van der Waals surface area contributed by atoms with Gasteiger partial charge in [0.05, 0.1) is 12.2 Å². The van der Waals surface area contributed by atoms with Gasteiger partial charge in [-0.1, -0.05) is 12.1 Å². The van der Waals surface area contributed by atoms with E-state index in [1.165, 1.54) is 30.3 Å². The van der Waals surface area contributed by atoms with Crippen molar-refractivity contribution >= 4 is 17.6 Å². The predicted molar refractivity (Wildman–Crippen MR) is 94.4 cm³/mol. The molecule has 2 N–H and O–H groups in total. The third kappa shape index (κ3) is 4.93. The van der Waals surface area contributed by atoms with Gasteiger partial charge in [0.1, 0.15) is 11.5 Å². The molecule has 0 aliphatic carbocycles. The van der Waals surface area contributed by atoms with Crippen molar-refractivity contribution < 1.29 is 33.0 Å². The lowest BCUT2D eigenvalue weighted by atomic mass is 10.1. The first-order valence-corrected chi connectivity index (χ1v) is 8.12. The first-order valence-electron chi connectivity index (χ1n) is 8.12. The van der Waals surface area contributed by atoms with E-state index in [1.54, 1.807) is 19.9 Å². The Hall–Kier alpha value is -3.16. The number of hydrogen-bond acceptors (Lipinski definition) is 4. The van der Waals surface area contributed by atoms with Gasteiger partial charge < -0.3 is 19.9 Å². The molecule has 0 spiro atoms. The van der Waals surface area contributed by atoms with E-state index in [0.717, 1.165) is 6.07 Å². The minimum Gasteiger partial charge on any atom is -0.493 e. The van der Waals surface area contributed by atoms with Crippen LogP contribution >= 0.6 is 0 Å². The summed E-state index contributed by atoms with van der Waals surface area (Å²) in [6.45, 7) is 2.89. The molecule has 8 heteroatoms. The number of benzene rings is 2. The number of aliphatic carboxylic acids is 1. The molecule has 1 amide bonds. The highest BCUT2D eigenvalue weighted by Gasteiger charge is 2.43. The number of anilines is 1. The third-order valence-electron chi connectivity index (χ3n) is 3.62. The zero-order valence-corrected chi connectivity index (χ0v) is 14.8. The second kappa shape index (κ2) is 8.48. The van der Waals surface area contributed by atoms with E-state index in [9.17, 15) is 18.4 Å². The van der Waals surface area contributed by atoms with Crippen LogP contribution in [0, 0.1) is 6.92 Å². The maximum absolute atomic E-state index is 14.7. The van der Waals surface area contributed by atoms with Crippen molar-refractivity contribution in [1.82, 2.24) is 0 Å². The van der Waals surface area contributed by atoms with Crippen LogP contribution in [0.4, 0.5) is 14.5 Å². The van der Waals surface area contributed by atoms with Gasteiger partial charge in [-0.2, -0.15) is 8.78 Å². The van der Waals surface area contributed by atoms with Gasteiger partial charge in [-0.15, -0.1) is 0 Å². The van der Waals surface area contributed by atoms with Crippen molar-refractivity contribution in [3.8, 4) is 11.5 Å². The molecular weight excluding hydrogens is 360 g/mol. The maximum Gasteiger partial charge on any atom is 0.353 e. The van der Waals surface area contributed by atoms with Gasteiger partial charge >= 0.3 is 11.9 Å². The summed E-state index contributed by atoms with van der Waals surface area (Å²) in [7, 11) is 0. The van der Waals surface area contributed by atoms with Gasteiger partial charge in [0.15, 0.2) is 6.61 Å². The number of ether oxygens (including phenoxy) is 2. The Kier molecular flexibility index (Phi) is 6.33. The molecular formula is C19H19F2NO5. The summed E-state index contributed by atoms with van der Waals surface area (Å²) in [6.07, 6.45) is 0. The number of nitrogens with one attached hydrogen (secondary N) is 1. The molecule has 27 heavy (non-hydrogen) atoms. The van der Waals surface area contributed by atoms with Crippen LogP contribution in [0.25, 0.3) is 0 Å². The van der Waals surface area contributed by atoms with E-state index in [0.29, 0.717) is 5.56 Å². The standard InChI is InChI=1S/C19H19F2NO5/c1-3-26-16-7-5-4-6-14(16)19(20,21)18(25)22-15-9-8-13(10-12(15)2)27-11-17(23)24/h4-10H,3,11H2,1-2H3,(H,22,25)(H,23,24). The summed E-state index contributed by atoms with van der Waals surface area (Å²) in [6, 6.07) is 9.67. The number of carbonyl (C=O) groups excluding carboxylic acids is 1. The molecule has 0 bridgehead atoms. The lowest BCUT2D eigenvalue weighted by Gasteiger charge is -2.20. The molecule has 2 rings (SSSR count). The van der Waals surface area contributed by atoms with E-state index in [2.05, 4.69) is 5.32 Å². The Labute approximate surface area is 154 Å². The van der Waals surface area contributed by atoms with Crippen LogP contribution in [-0.4, -0.2) is 30.2 Å². The zero-order chi connectivity index (χ0) is 20.0. The van der Waals surface area contributed by atoms with Crippen molar-refractivity contribution in [2.45, 2.75) is 19.8 Å². The fourth-order valence-electron chi connectivity index (χ4n) is 2.34. The minimum absolute atomic E-state index is 0.0608. The summed E-state index contributed by atoms with van der Waals surface area (Å²) >= 11 is 0. The number of carboxylic acids is 1. The SMILES string of the molecule is CCOc1ccccc1C(F)(F)C(=O)Nc1ccc(OCC(=O)O)cc1C. The van der Waals surface area contributed by atoms with Crippen LogP contribution in [0.5, 0.6) is 11.5 Å². The van der Waals surface area contributed by atoms with E-state index >= 15 is 0 Å². The fraction of sp³-hybridized carbons (Fsp3) is 0.263. The average Bonchev–Trinajstić information content (AvgIpc) is 2.62. The van der Waals surface area contributed by atoms with Crippen molar-refractivity contribution in [2.75, 3.05) is 18.5 Å². The molecule has 0 atom stereocenters. The van der Waals surface area contributed by atoms with E-state index in [1.807, 2.05) is 0 Å². The summed E-state index contributed by atoms with van der Waals surface area (Å²) in [5, 5.41) is 10.8. The van der Waals surface area contributed by atoms with Gasteiger partial charge in [-0.25, -0.2) is 4.79 Å². The number of aryl methyl sites for hydroxylation is 1. The molecule has 144 valence electrons. The summed E-state index contributed by atoms with van der Waals surface area (Å²) < 4.78 is 39.5. The lowest BCUT2D eigenvalue weighted by molar-refractivity contribution is -0.141. The van der Waals surface area contributed by atoms with Crippen LogP contribution in [0.2, 0.25) is 0 Å². The Bertz CT molecular complexity index is 839. The third-order valence-corrected chi connectivity index (χ3v) is 3.62. The van der Waals surface area contributed by atoms with Gasteiger partial charge in [0, 0.05) is 5.69 Å². The smallest absolute Gasteiger partial charge is 0.353 e. The first kappa shape index (κ1) is 20.2. The van der Waals surface area contributed by atoms with Crippen LogP contribution in [-0.2, 0) is 15.5 Å². The second-order valence-corrected chi connectivity index (χ2v) is 5.62. The van der Waals surface area contributed by atoms with Gasteiger partial charge in [-0.3, -0.25) is 4.79 Å². The lowest BCUT2D eigenvalue weighted by Crippen LogP contribution is -2.33. The Morgan fingerprint density at radius 1 is 1.15 bits per heavy atom. The van der Waals surface area contributed by atoms with Crippen molar-refractivity contribution in [2.24, 2.45) is 0 Å². The van der Waals surface area contributed by atoms with E-state index < -0.39 is 30.0 Å². The largest absolute Gasteiger partial charge is 0.493 e.